The molecule has 2 heterocycles. The van der Waals surface area contributed by atoms with Crippen molar-refractivity contribution in [2.45, 2.75) is 56.5 Å². The molecule has 1 aromatic carbocycles. The highest BCUT2D eigenvalue weighted by Gasteiger charge is 2.27. The van der Waals surface area contributed by atoms with E-state index in [1.54, 1.807) is 0 Å². The van der Waals surface area contributed by atoms with Crippen LogP contribution in [-0.2, 0) is 4.74 Å². The smallest absolute Gasteiger partial charge is 0.0480 e. The number of rotatable bonds is 3. The van der Waals surface area contributed by atoms with Crippen LogP contribution in [0.15, 0.2) is 24.4 Å². The molecule has 4 rings (SSSR count). The summed E-state index contributed by atoms with van der Waals surface area (Å²) in [5.41, 5.74) is 2.64. The summed E-state index contributed by atoms with van der Waals surface area (Å²) >= 11 is 6.21. The summed E-state index contributed by atoms with van der Waals surface area (Å²) in [5, 5.41) is 6.02. The standard InChI is InChI=1S/C19H25ClN2O/c20-14-4-5-19-17(11-14)18(12-21-19)13-2-1-3-16(10-13)22-15-6-8-23-9-7-15/h4-5,11-13,15-16,21-22H,1-3,6-10H2/t13-,16?/m1/s1. The molecule has 23 heavy (non-hydrogen) atoms. The zero-order chi connectivity index (χ0) is 15.6. The Morgan fingerprint density at radius 1 is 1.09 bits per heavy atom. The van der Waals surface area contributed by atoms with Crippen LogP contribution < -0.4 is 5.32 Å². The van der Waals surface area contributed by atoms with Crippen molar-refractivity contribution in [2.75, 3.05) is 13.2 Å². The predicted molar refractivity (Wildman–Crippen MR) is 95.3 cm³/mol. The Morgan fingerprint density at radius 3 is 2.83 bits per heavy atom. The third kappa shape index (κ3) is 3.42. The van der Waals surface area contributed by atoms with Crippen LogP contribution in [-0.4, -0.2) is 30.3 Å². The largest absolute Gasteiger partial charge is 0.381 e. The third-order valence-corrected chi connectivity index (χ3v) is 5.72. The van der Waals surface area contributed by atoms with Crippen molar-refractivity contribution in [2.24, 2.45) is 0 Å². The number of aromatic amines is 1. The van der Waals surface area contributed by atoms with Crippen LogP contribution in [0.4, 0.5) is 0 Å². The van der Waals surface area contributed by atoms with E-state index in [1.165, 1.54) is 42.1 Å². The molecule has 0 amide bonds. The van der Waals surface area contributed by atoms with Gasteiger partial charge in [-0.2, -0.15) is 0 Å². The van der Waals surface area contributed by atoms with E-state index in [0.717, 1.165) is 31.1 Å². The fourth-order valence-electron chi connectivity index (χ4n) is 4.27. The van der Waals surface area contributed by atoms with Crippen LogP contribution in [0, 0.1) is 0 Å². The first-order chi connectivity index (χ1) is 11.3. The molecule has 124 valence electrons. The van der Waals surface area contributed by atoms with Crippen molar-refractivity contribution in [3.63, 3.8) is 0 Å². The van der Waals surface area contributed by atoms with E-state index >= 15 is 0 Å². The van der Waals surface area contributed by atoms with Crippen molar-refractivity contribution in [3.05, 3.63) is 35.0 Å². The van der Waals surface area contributed by atoms with Gasteiger partial charge in [0.05, 0.1) is 0 Å². The zero-order valence-electron chi connectivity index (χ0n) is 13.5. The molecule has 2 aromatic rings. The number of halogens is 1. The predicted octanol–water partition coefficient (Wildman–Crippen LogP) is 4.62. The number of H-pyrrole nitrogens is 1. The molecule has 0 spiro atoms. The number of hydrogen-bond donors (Lipinski definition) is 2. The van der Waals surface area contributed by atoms with Crippen LogP contribution >= 0.6 is 11.6 Å². The van der Waals surface area contributed by atoms with Gasteiger partial charge in [0.25, 0.3) is 0 Å². The SMILES string of the molecule is Clc1ccc2[nH]cc([C@@H]3CCCC(NC4CCOCC4)C3)c2c1. The molecule has 2 N–H and O–H groups in total. The monoisotopic (exact) mass is 332 g/mol. The number of fused-ring (bicyclic) bond motifs is 1. The molecule has 2 atom stereocenters. The maximum Gasteiger partial charge on any atom is 0.0480 e. The molecule has 0 radical (unpaired) electrons. The molecule has 3 nitrogen and oxygen atoms in total. The van der Waals surface area contributed by atoms with Gasteiger partial charge in [0.15, 0.2) is 0 Å². The third-order valence-electron chi connectivity index (χ3n) is 5.48. The van der Waals surface area contributed by atoms with Crippen molar-refractivity contribution >= 4 is 22.5 Å². The minimum absolute atomic E-state index is 0.633. The lowest BCUT2D eigenvalue weighted by molar-refractivity contribution is 0.0728. The molecule has 2 aliphatic rings. The zero-order valence-corrected chi connectivity index (χ0v) is 14.2. The number of aromatic nitrogens is 1. The first kappa shape index (κ1) is 15.5. The summed E-state index contributed by atoms with van der Waals surface area (Å²) < 4.78 is 5.47. The molecule has 1 saturated heterocycles. The van der Waals surface area contributed by atoms with Crippen LogP contribution in [0.1, 0.15) is 50.0 Å². The van der Waals surface area contributed by atoms with Gasteiger partial charge < -0.3 is 15.0 Å². The number of ether oxygens (including phenoxy) is 1. The van der Waals surface area contributed by atoms with E-state index in [-0.39, 0.29) is 0 Å². The molecule has 1 aliphatic carbocycles. The normalized spacial score (nSPS) is 26.7. The lowest BCUT2D eigenvalue weighted by Gasteiger charge is -2.34. The summed E-state index contributed by atoms with van der Waals surface area (Å²) in [6, 6.07) is 7.44. The summed E-state index contributed by atoms with van der Waals surface area (Å²) in [4.78, 5) is 3.41. The molecule has 1 unspecified atom stereocenters. The van der Waals surface area contributed by atoms with Gasteiger partial charge in [-0.25, -0.2) is 0 Å². The van der Waals surface area contributed by atoms with Gasteiger partial charge in [-0.15, -0.1) is 0 Å². The maximum absolute atomic E-state index is 6.21. The highest BCUT2D eigenvalue weighted by molar-refractivity contribution is 6.31. The summed E-state index contributed by atoms with van der Waals surface area (Å²) in [5.74, 6) is 0.633. The van der Waals surface area contributed by atoms with Crippen molar-refractivity contribution in [3.8, 4) is 0 Å². The minimum Gasteiger partial charge on any atom is -0.381 e. The fourth-order valence-corrected chi connectivity index (χ4v) is 4.45. The van der Waals surface area contributed by atoms with Crippen molar-refractivity contribution < 1.29 is 4.74 Å². The number of nitrogens with one attached hydrogen (secondary N) is 2. The highest BCUT2D eigenvalue weighted by atomic mass is 35.5. The van der Waals surface area contributed by atoms with E-state index in [1.807, 2.05) is 6.07 Å². The van der Waals surface area contributed by atoms with E-state index in [9.17, 15) is 0 Å². The fraction of sp³-hybridized carbons (Fsp3) is 0.579. The number of hydrogen-bond acceptors (Lipinski definition) is 2. The molecule has 1 saturated carbocycles. The second kappa shape index (κ2) is 6.84. The van der Waals surface area contributed by atoms with Gasteiger partial charge in [0.1, 0.15) is 0 Å². The molecular weight excluding hydrogens is 308 g/mol. The summed E-state index contributed by atoms with van der Waals surface area (Å²) in [7, 11) is 0. The Hall–Kier alpha value is -1.03. The maximum atomic E-state index is 6.21. The topological polar surface area (TPSA) is 37.0 Å². The van der Waals surface area contributed by atoms with Gasteiger partial charge in [-0.05, 0) is 61.8 Å². The Kier molecular flexibility index (Phi) is 4.61. The van der Waals surface area contributed by atoms with Gasteiger partial charge in [0.2, 0.25) is 0 Å². The lowest BCUT2D eigenvalue weighted by Crippen LogP contribution is -2.43. The van der Waals surface area contributed by atoms with Gasteiger partial charge >= 0.3 is 0 Å². The molecule has 1 aliphatic heterocycles. The van der Waals surface area contributed by atoms with Crippen molar-refractivity contribution in [1.29, 1.82) is 0 Å². The van der Waals surface area contributed by atoms with Crippen LogP contribution in [0.2, 0.25) is 5.02 Å². The Balaban J connectivity index is 1.48. The highest BCUT2D eigenvalue weighted by Crippen LogP contribution is 2.37. The van der Waals surface area contributed by atoms with Gasteiger partial charge in [-0.1, -0.05) is 18.0 Å². The second-order valence-electron chi connectivity index (χ2n) is 7.05. The van der Waals surface area contributed by atoms with Crippen LogP contribution in [0.3, 0.4) is 0 Å². The van der Waals surface area contributed by atoms with Crippen LogP contribution in [0.25, 0.3) is 10.9 Å². The molecule has 1 aromatic heterocycles. The van der Waals surface area contributed by atoms with E-state index in [2.05, 4.69) is 28.6 Å². The van der Waals surface area contributed by atoms with Gasteiger partial charge in [-0.3, -0.25) is 0 Å². The first-order valence-corrected chi connectivity index (χ1v) is 9.28. The molecular formula is C19H25ClN2O. The first-order valence-electron chi connectivity index (χ1n) is 8.90. The lowest BCUT2D eigenvalue weighted by atomic mass is 9.81. The van der Waals surface area contributed by atoms with E-state index < -0.39 is 0 Å². The van der Waals surface area contributed by atoms with Gasteiger partial charge in [0, 0.05) is 47.4 Å². The summed E-state index contributed by atoms with van der Waals surface area (Å²) in [6.07, 6.45) is 9.63. The minimum atomic E-state index is 0.633. The molecule has 4 heteroatoms. The second-order valence-corrected chi connectivity index (χ2v) is 7.48. The van der Waals surface area contributed by atoms with E-state index in [4.69, 9.17) is 16.3 Å². The van der Waals surface area contributed by atoms with Crippen LogP contribution in [0.5, 0.6) is 0 Å². The van der Waals surface area contributed by atoms with E-state index in [0.29, 0.717) is 18.0 Å². The average Bonchev–Trinajstić information content (AvgIpc) is 2.99. The summed E-state index contributed by atoms with van der Waals surface area (Å²) in [6.45, 7) is 1.82. The number of benzene rings is 1. The Morgan fingerprint density at radius 2 is 1.96 bits per heavy atom. The quantitative estimate of drug-likeness (QED) is 0.860. The average molecular weight is 333 g/mol. The van der Waals surface area contributed by atoms with Crippen molar-refractivity contribution in [1.82, 2.24) is 10.3 Å². The molecule has 0 bridgehead atoms. The molecule has 2 fully saturated rings. The Labute approximate surface area is 142 Å². The Bertz CT molecular complexity index is 662.